The Morgan fingerprint density at radius 1 is 0.806 bits per heavy atom. The molecule has 2 atom stereocenters. The van der Waals surface area contributed by atoms with Crippen LogP contribution in [0.15, 0.2) is 0 Å². The predicted molar refractivity (Wildman–Crippen MR) is 125 cm³/mol. The van der Waals surface area contributed by atoms with Gasteiger partial charge in [0, 0.05) is 0 Å². The van der Waals surface area contributed by atoms with Crippen LogP contribution in [0.3, 0.4) is 0 Å². The van der Waals surface area contributed by atoms with Crippen LogP contribution in [0.25, 0.3) is 0 Å². The van der Waals surface area contributed by atoms with Gasteiger partial charge in [-0.1, -0.05) is 85.5 Å². The zero-order valence-electron chi connectivity index (χ0n) is 21.2. The maximum absolute atomic E-state index is 12.8. The molecule has 1 aliphatic rings. The smallest absolute Gasteiger partial charge is 0.369 e. The highest BCUT2D eigenvalue weighted by molar-refractivity contribution is 6.74. The number of carbonyl (C=O) groups is 2. The van der Waals surface area contributed by atoms with Gasteiger partial charge < -0.3 is 18.6 Å². The summed E-state index contributed by atoms with van der Waals surface area (Å²) < 4.78 is 22.3. The summed E-state index contributed by atoms with van der Waals surface area (Å²) in [5, 5.41) is -0.154. The standard InChI is InChI=1S/C24H46O6Si/c1-9-10-11-12-13-14-15-16-17-18-19-23(20(25)27-5)24(29-23,21(26)28-6)30-31(7,8)22(2,3)4/h9-19H2,1-8H3/t23-,24-/m0/s1. The molecule has 1 fully saturated rings. The SMILES string of the molecule is CCCCCCCCCCCC[C@@]1(C(=O)OC)O[C@]1(O[Si](C)(C)C(C)(C)C)C(=O)OC. The lowest BCUT2D eigenvalue weighted by molar-refractivity contribution is -0.161. The number of esters is 2. The van der Waals surface area contributed by atoms with Crippen LogP contribution >= 0.6 is 0 Å². The van der Waals surface area contributed by atoms with Gasteiger partial charge in [-0.2, -0.15) is 0 Å². The van der Waals surface area contributed by atoms with E-state index < -0.39 is 31.6 Å². The number of unbranched alkanes of at least 4 members (excludes halogenated alkanes) is 9. The van der Waals surface area contributed by atoms with Gasteiger partial charge in [-0.3, -0.25) is 0 Å². The van der Waals surface area contributed by atoms with E-state index in [1.54, 1.807) is 0 Å². The molecule has 0 saturated carbocycles. The van der Waals surface area contributed by atoms with E-state index in [2.05, 4.69) is 27.7 Å². The van der Waals surface area contributed by atoms with Crippen LogP contribution in [0.4, 0.5) is 0 Å². The Kier molecular flexibility index (Phi) is 10.7. The Hall–Kier alpha value is -0.923. The average Bonchev–Trinajstić information content (AvgIpc) is 3.35. The van der Waals surface area contributed by atoms with Crippen molar-refractivity contribution in [3.8, 4) is 0 Å². The number of carbonyl (C=O) groups excluding carboxylic acids is 2. The van der Waals surface area contributed by atoms with Crippen molar-refractivity contribution in [3.05, 3.63) is 0 Å². The number of epoxide rings is 1. The third-order valence-electron chi connectivity index (χ3n) is 6.86. The molecule has 1 aliphatic heterocycles. The van der Waals surface area contributed by atoms with Crippen LogP contribution in [0.5, 0.6) is 0 Å². The van der Waals surface area contributed by atoms with Crippen LogP contribution in [0.1, 0.15) is 98.3 Å². The van der Waals surface area contributed by atoms with Gasteiger partial charge in [0.05, 0.1) is 14.2 Å². The number of hydrogen-bond donors (Lipinski definition) is 0. The molecule has 0 unspecified atom stereocenters. The van der Waals surface area contributed by atoms with E-state index in [-0.39, 0.29) is 5.04 Å². The van der Waals surface area contributed by atoms with E-state index in [9.17, 15) is 9.59 Å². The van der Waals surface area contributed by atoms with Crippen molar-refractivity contribution in [1.82, 2.24) is 0 Å². The molecule has 0 aliphatic carbocycles. The topological polar surface area (TPSA) is 74.4 Å². The fourth-order valence-corrected chi connectivity index (χ4v) is 5.05. The highest BCUT2D eigenvalue weighted by Crippen LogP contribution is 2.57. The molecule has 1 rings (SSSR count). The summed E-state index contributed by atoms with van der Waals surface area (Å²) in [4.78, 5) is 25.5. The molecule has 0 spiro atoms. The van der Waals surface area contributed by atoms with Gasteiger partial charge in [-0.25, -0.2) is 9.59 Å². The Bertz CT molecular complexity index is 585. The minimum Gasteiger partial charge on any atom is -0.467 e. The van der Waals surface area contributed by atoms with Crippen molar-refractivity contribution in [2.24, 2.45) is 0 Å². The lowest BCUT2D eigenvalue weighted by atomic mass is 9.94. The summed E-state index contributed by atoms with van der Waals surface area (Å²) in [6, 6.07) is 0. The largest absolute Gasteiger partial charge is 0.467 e. The highest BCUT2D eigenvalue weighted by atomic mass is 28.4. The van der Waals surface area contributed by atoms with Gasteiger partial charge in [-0.15, -0.1) is 0 Å². The predicted octanol–water partition coefficient (Wildman–Crippen LogP) is 6.13. The minimum absolute atomic E-state index is 0.154. The monoisotopic (exact) mass is 458 g/mol. The second kappa shape index (κ2) is 11.8. The first-order valence-corrected chi connectivity index (χ1v) is 14.9. The van der Waals surface area contributed by atoms with Gasteiger partial charge >= 0.3 is 17.7 Å². The first kappa shape index (κ1) is 28.1. The maximum atomic E-state index is 12.8. The lowest BCUT2D eigenvalue weighted by Crippen LogP contribution is -2.52. The van der Waals surface area contributed by atoms with Gasteiger partial charge in [0.15, 0.2) is 8.32 Å². The number of ether oxygens (including phenoxy) is 3. The number of rotatable bonds is 15. The molecular weight excluding hydrogens is 412 g/mol. The van der Waals surface area contributed by atoms with Crippen LogP contribution in [-0.2, 0) is 28.2 Å². The second-order valence-electron chi connectivity index (χ2n) is 10.3. The third kappa shape index (κ3) is 6.78. The van der Waals surface area contributed by atoms with Crippen molar-refractivity contribution < 1.29 is 28.2 Å². The average molecular weight is 459 g/mol. The van der Waals surface area contributed by atoms with E-state index in [0.29, 0.717) is 6.42 Å². The van der Waals surface area contributed by atoms with Gasteiger partial charge in [0.1, 0.15) is 0 Å². The summed E-state index contributed by atoms with van der Waals surface area (Å²) in [6.07, 6.45) is 12.2. The van der Waals surface area contributed by atoms with E-state index in [4.69, 9.17) is 18.6 Å². The molecule has 0 aromatic carbocycles. The molecule has 7 heteroatoms. The molecule has 6 nitrogen and oxygen atoms in total. The quantitative estimate of drug-likeness (QED) is 0.127. The van der Waals surface area contributed by atoms with Crippen molar-refractivity contribution in [2.75, 3.05) is 14.2 Å². The van der Waals surface area contributed by atoms with Crippen LogP contribution in [0.2, 0.25) is 18.1 Å². The molecule has 0 radical (unpaired) electrons. The summed E-state index contributed by atoms with van der Waals surface area (Å²) in [7, 11) is 0.196. The Balaban J connectivity index is 2.72. The van der Waals surface area contributed by atoms with Gasteiger partial charge in [-0.05, 0) is 31.0 Å². The van der Waals surface area contributed by atoms with Crippen LogP contribution in [-0.4, -0.2) is 45.9 Å². The van der Waals surface area contributed by atoms with Gasteiger partial charge in [0.2, 0.25) is 5.60 Å². The lowest BCUT2D eigenvalue weighted by Gasteiger charge is -2.38. The Morgan fingerprint density at radius 2 is 1.26 bits per heavy atom. The third-order valence-corrected chi connectivity index (χ3v) is 11.3. The summed E-state index contributed by atoms with van der Waals surface area (Å²) in [5.74, 6) is -2.92. The molecule has 0 aromatic heterocycles. The fraction of sp³-hybridized carbons (Fsp3) is 0.917. The summed E-state index contributed by atoms with van der Waals surface area (Å²) in [5.41, 5.74) is -1.41. The Morgan fingerprint density at radius 3 is 1.68 bits per heavy atom. The van der Waals surface area contributed by atoms with Crippen molar-refractivity contribution in [3.63, 3.8) is 0 Å². The van der Waals surface area contributed by atoms with Crippen molar-refractivity contribution in [1.29, 1.82) is 0 Å². The molecule has 0 bridgehead atoms. The van der Waals surface area contributed by atoms with Crippen LogP contribution < -0.4 is 0 Å². The molecule has 0 amide bonds. The number of hydrogen-bond acceptors (Lipinski definition) is 6. The molecule has 0 aromatic rings. The summed E-state index contributed by atoms with van der Waals surface area (Å²) in [6.45, 7) is 12.5. The first-order valence-electron chi connectivity index (χ1n) is 12.0. The van der Waals surface area contributed by atoms with Crippen molar-refractivity contribution in [2.45, 2.75) is 128 Å². The molecular formula is C24H46O6Si. The zero-order valence-corrected chi connectivity index (χ0v) is 22.2. The molecule has 182 valence electrons. The molecule has 1 saturated heterocycles. The highest BCUT2D eigenvalue weighted by Gasteiger charge is 2.83. The van der Waals surface area contributed by atoms with E-state index in [1.165, 1.54) is 59.2 Å². The van der Waals surface area contributed by atoms with Crippen LogP contribution in [0, 0.1) is 0 Å². The summed E-state index contributed by atoms with van der Waals surface area (Å²) >= 11 is 0. The van der Waals surface area contributed by atoms with E-state index in [1.807, 2.05) is 13.1 Å². The van der Waals surface area contributed by atoms with Crippen molar-refractivity contribution >= 4 is 20.3 Å². The number of methoxy groups -OCH3 is 2. The molecule has 31 heavy (non-hydrogen) atoms. The molecule has 0 N–H and O–H groups in total. The second-order valence-corrected chi connectivity index (χ2v) is 15.0. The maximum Gasteiger partial charge on any atom is 0.369 e. The first-order chi connectivity index (χ1) is 14.4. The van der Waals surface area contributed by atoms with Gasteiger partial charge in [0.25, 0.3) is 0 Å². The minimum atomic E-state index is -2.42. The normalized spacial score (nSPS) is 23.5. The molecule has 1 heterocycles. The van der Waals surface area contributed by atoms with E-state index >= 15 is 0 Å². The fourth-order valence-electron chi connectivity index (χ4n) is 3.74. The van der Waals surface area contributed by atoms with E-state index in [0.717, 1.165) is 19.3 Å². The Labute approximate surface area is 190 Å². The zero-order chi connectivity index (χ0) is 23.8.